The molecule has 1 aromatic rings. The summed E-state index contributed by atoms with van der Waals surface area (Å²) >= 11 is 9.38. The molecular weight excluding hydrogens is 314 g/mol. The number of hydrogen-bond acceptors (Lipinski definition) is 1. The van der Waals surface area contributed by atoms with Crippen LogP contribution in [0.4, 0.5) is 0 Å². The van der Waals surface area contributed by atoms with E-state index in [2.05, 4.69) is 21.2 Å². The molecule has 1 N–H and O–H groups in total. The monoisotopic (exact) mass is 329 g/mol. The van der Waals surface area contributed by atoms with Gasteiger partial charge in [-0.15, -0.1) is 11.6 Å². The van der Waals surface area contributed by atoms with Gasteiger partial charge in [0.15, 0.2) is 0 Å². The highest BCUT2D eigenvalue weighted by Gasteiger charge is 2.26. The molecule has 2 nitrogen and oxygen atoms in total. The highest BCUT2D eigenvalue weighted by Crippen LogP contribution is 2.26. The molecule has 2 rings (SSSR count). The third kappa shape index (κ3) is 3.27. The van der Waals surface area contributed by atoms with Gasteiger partial charge in [0.1, 0.15) is 0 Å². The van der Waals surface area contributed by atoms with Crippen LogP contribution >= 0.6 is 27.5 Å². The van der Waals surface area contributed by atoms with Gasteiger partial charge in [0, 0.05) is 16.4 Å². The van der Waals surface area contributed by atoms with E-state index in [4.69, 9.17) is 11.6 Å². The van der Waals surface area contributed by atoms with Crippen LogP contribution in [0.15, 0.2) is 28.7 Å². The Balaban J connectivity index is 2.04. The number of carbonyl (C=O) groups excluding carboxylic acids is 1. The van der Waals surface area contributed by atoms with E-state index in [0.717, 1.165) is 17.3 Å². The van der Waals surface area contributed by atoms with E-state index in [0.29, 0.717) is 17.4 Å². The Kier molecular flexibility index (Phi) is 5.07. The normalized spacial score (nSPS) is 23.7. The molecule has 1 fully saturated rings. The fourth-order valence-electron chi connectivity index (χ4n) is 2.47. The SMILES string of the molecule is O=C(NC1CCCCC1CCl)c1ccccc1Br. The predicted molar refractivity (Wildman–Crippen MR) is 78.1 cm³/mol. The summed E-state index contributed by atoms with van der Waals surface area (Å²) in [5.74, 6) is 1.03. The van der Waals surface area contributed by atoms with Gasteiger partial charge in [0.2, 0.25) is 0 Å². The lowest BCUT2D eigenvalue weighted by atomic mass is 9.85. The Bertz CT molecular complexity index is 424. The van der Waals surface area contributed by atoms with Crippen molar-refractivity contribution in [2.24, 2.45) is 5.92 Å². The fourth-order valence-corrected chi connectivity index (χ4v) is 3.31. The summed E-state index contributed by atoms with van der Waals surface area (Å²) in [6, 6.07) is 7.71. The number of halogens is 2. The molecule has 0 heterocycles. The van der Waals surface area contributed by atoms with Crippen molar-refractivity contribution < 1.29 is 4.79 Å². The second-order valence-electron chi connectivity index (χ2n) is 4.76. The van der Waals surface area contributed by atoms with E-state index in [-0.39, 0.29) is 11.9 Å². The van der Waals surface area contributed by atoms with Crippen molar-refractivity contribution in [1.29, 1.82) is 0 Å². The van der Waals surface area contributed by atoms with E-state index in [1.165, 1.54) is 12.8 Å². The molecule has 1 saturated carbocycles. The summed E-state index contributed by atoms with van der Waals surface area (Å²) in [5, 5.41) is 3.12. The van der Waals surface area contributed by atoms with Gasteiger partial charge in [-0.2, -0.15) is 0 Å². The van der Waals surface area contributed by atoms with Gasteiger partial charge in [0.25, 0.3) is 5.91 Å². The van der Waals surface area contributed by atoms with Crippen LogP contribution in [0.5, 0.6) is 0 Å². The Morgan fingerprint density at radius 2 is 2.06 bits per heavy atom. The molecule has 0 bridgehead atoms. The average Bonchev–Trinajstić information content (AvgIpc) is 2.39. The van der Waals surface area contributed by atoms with Gasteiger partial charge < -0.3 is 5.32 Å². The first kappa shape index (κ1) is 13.9. The zero-order chi connectivity index (χ0) is 13.0. The van der Waals surface area contributed by atoms with Crippen molar-refractivity contribution in [3.8, 4) is 0 Å². The van der Waals surface area contributed by atoms with Gasteiger partial charge in [-0.25, -0.2) is 0 Å². The maximum absolute atomic E-state index is 12.2. The van der Waals surface area contributed by atoms with Crippen LogP contribution in [0.1, 0.15) is 36.0 Å². The van der Waals surface area contributed by atoms with Crippen LogP contribution in [-0.4, -0.2) is 17.8 Å². The molecule has 4 heteroatoms. The van der Waals surface area contributed by atoms with Crippen molar-refractivity contribution >= 4 is 33.4 Å². The van der Waals surface area contributed by atoms with E-state index in [1.807, 2.05) is 24.3 Å². The minimum absolute atomic E-state index is 0.00973. The lowest BCUT2D eigenvalue weighted by molar-refractivity contribution is 0.0910. The Morgan fingerprint density at radius 3 is 2.78 bits per heavy atom. The molecule has 0 spiro atoms. The molecule has 1 aliphatic carbocycles. The Labute approximate surface area is 121 Å². The second-order valence-corrected chi connectivity index (χ2v) is 5.92. The summed E-state index contributed by atoms with van der Waals surface area (Å²) < 4.78 is 0.834. The lowest BCUT2D eigenvalue weighted by Crippen LogP contribution is -2.42. The molecule has 1 aliphatic rings. The first-order valence-corrected chi connectivity index (χ1v) is 7.66. The number of amides is 1. The predicted octanol–water partition coefficient (Wildman–Crippen LogP) is 3.98. The molecule has 0 aromatic heterocycles. The molecule has 2 unspecified atom stereocenters. The van der Waals surface area contributed by atoms with Crippen LogP contribution in [0.2, 0.25) is 0 Å². The third-order valence-corrected chi connectivity index (χ3v) is 4.63. The van der Waals surface area contributed by atoms with Gasteiger partial charge in [-0.05, 0) is 46.8 Å². The first-order valence-electron chi connectivity index (χ1n) is 6.33. The standard InChI is InChI=1S/C14H17BrClNO/c15-12-7-3-2-6-11(12)14(18)17-13-8-4-1-5-10(13)9-16/h2-3,6-7,10,13H,1,4-5,8-9H2,(H,17,18). The smallest absolute Gasteiger partial charge is 0.252 e. The second kappa shape index (κ2) is 6.58. The molecule has 1 aromatic carbocycles. The van der Waals surface area contributed by atoms with E-state index >= 15 is 0 Å². The van der Waals surface area contributed by atoms with E-state index in [1.54, 1.807) is 0 Å². The van der Waals surface area contributed by atoms with Crippen molar-refractivity contribution in [2.75, 3.05) is 5.88 Å². The molecule has 0 saturated heterocycles. The largest absolute Gasteiger partial charge is 0.349 e. The summed E-state index contributed by atoms with van der Waals surface area (Å²) in [6.45, 7) is 0. The minimum atomic E-state index is -0.00973. The van der Waals surface area contributed by atoms with Crippen molar-refractivity contribution in [3.05, 3.63) is 34.3 Å². The number of hydrogen-bond donors (Lipinski definition) is 1. The number of carbonyl (C=O) groups is 1. The molecule has 0 aliphatic heterocycles. The number of nitrogens with one attached hydrogen (secondary N) is 1. The minimum Gasteiger partial charge on any atom is -0.349 e. The molecule has 98 valence electrons. The van der Waals surface area contributed by atoms with Crippen molar-refractivity contribution in [3.63, 3.8) is 0 Å². The zero-order valence-corrected chi connectivity index (χ0v) is 12.5. The van der Waals surface area contributed by atoms with Crippen LogP contribution in [0, 0.1) is 5.92 Å². The van der Waals surface area contributed by atoms with Crippen molar-refractivity contribution in [2.45, 2.75) is 31.7 Å². The quantitative estimate of drug-likeness (QED) is 0.835. The number of rotatable bonds is 3. The van der Waals surface area contributed by atoms with Crippen LogP contribution < -0.4 is 5.32 Å². The van der Waals surface area contributed by atoms with Crippen molar-refractivity contribution in [1.82, 2.24) is 5.32 Å². The van der Waals surface area contributed by atoms with Crippen LogP contribution in [0.25, 0.3) is 0 Å². The topological polar surface area (TPSA) is 29.1 Å². The summed E-state index contributed by atoms with van der Waals surface area (Å²) in [7, 11) is 0. The maximum atomic E-state index is 12.2. The van der Waals surface area contributed by atoms with Crippen LogP contribution in [0.3, 0.4) is 0 Å². The van der Waals surface area contributed by atoms with Crippen LogP contribution in [-0.2, 0) is 0 Å². The highest BCUT2D eigenvalue weighted by molar-refractivity contribution is 9.10. The zero-order valence-electron chi connectivity index (χ0n) is 10.2. The molecule has 1 amide bonds. The Hall–Kier alpha value is -0.540. The van der Waals surface area contributed by atoms with Gasteiger partial charge in [-0.3, -0.25) is 4.79 Å². The average molecular weight is 331 g/mol. The van der Waals surface area contributed by atoms with E-state index in [9.17, 15) is 4.79 Å². The highest BCUT2D eigenvalue weighted by atomic mass is 79.9. The number of alkyl halides is 1. The van der Waals surface area contributed by atoms with Gasteiger partial charge >= 0.3 is 0 Å². The molecular formula is C14H17BrClNO. The number of benzene rings is 1. The summed E-state index contributed by atoms with van der Waals surface area (Å²) in [4.78, 5) is 12.2. The summed E-state index contributed by atoms with van der Waals surface area (Å²) in [5.41, 5.74) is 0.691. The molecule has 0 radical (unpaired) electrons. The van der Waals surface area contributed by atoms with E-state index < -0.39 is 0 Å². The Morgan fingerprint density at radius 1 is 1.33 bits per heavy atom. The van der Waals surface area contributed by atoms with Gasteiger partial charge in [0.05, 0.1) is 5.56 Å². The molecule has 18 heavy (non-hydrogen) atoms. The third-order valence-electron chi connectivity index (χ3n) is 3.54. The van der Waals surface area contributed by atoms with Gasteiger partial charge in [-0.1, -0.05) is 25.0 Å². The fraction of sp³-hybridized carbons (Fsp3) is 0.500. The lowest BCUT2D eigenvalue weighted by Gasteiger charge is -2.30. The first-order chi connectivity index (χ1) is 8.72. The maximum Gasteiger partial charge on any atom is 0.252 e. The molecule has 2 atom stereocenters. The summed E-state index contributed by atoms with van der Waals surface area (Å²) in [6.07, 6.45) is 4.55.